The van der Waals surface area contributed by atoms with Crippen LogP contribution in [-0.4, -0.2) is 10.9 Å². The lowest BCUT2D eigenvalue weighted by Gasteiger charge is -2.38. The maximum Gasteiger partial charge on any atom is 0.244 e. The summed E-state index contributed by atoms with van der Waals surface area (Å²) in [6, 6.07) is 12.8. The fourth-order valence-electron chi connectivity index (χ4n) is 2.69. The van der Waals surface area contributed by atoms with Crippen molar-refractivity contribution < 1.29 is 14.6 Å². The van der Waals surface area contributed by atoms with Gasteiger partial charge in [0.2, 0.25) is 5.79 Å². The summed E-state index contributed by atoms with van der Waals surface area (Å²) in [6.07, 6.45) is 0. The molecule has 3 rings (SSSR count). The number of carbonyl (C=O) groups is 1. The first-order chi connectivity index (χ1) is 9.91. The maximum absolute atomic E-state index is 12.5. The molecule has 0 radical (unpaired) electrons. The van der Waals surface area contributed by atoms with Gasteiger partial charge in [-0.3, -0.25) is 4.79 Å². The van der Waals surface area contributed by atoms with Crippen LogP contribution in [0.4, 0.5) is 0 Å². The Morgan fingerprint density at radius 2 is 1.67 bits per heavy atom. The fourth-order valence-corrected chi connectivity index (χ4v) is 2.69. The molecule has 2 atom stereocenters. The van der Waals surface area contributed by atoms with Gasteiger partial charge in [0.25, 0.3) is 0 Å². The van der Waals surface area contributed by atoms with Gasteiger partial charge in [0, 0.05) is 5.56 Å². The number of hydrogen-bond acceptors (Lipinski definition) is 3. The Morgan fingerprint density at radius 1 is 1.05 bits per heavy atom. The molecule has 0 amide bonds. The molecule has 1 N–H and O–H groups in total. The molecule has 3 heteroatoms. The van der Waals surface area contributed by atoms with Crippen LogP contribution in [0.15, 0.2) is 42.5 Å². The average Bonchev–Trinajstić information content (AvgIpc) is 2.45. The van der Waals surface area contributed by atoms with E-state index in [1.807, 2.05) is 32.0 Å². The van der Waals surface area contributed by atoms with Crippen molar-refractivity contribution >= 4 is 5.78 Å². The number of aliphatic hydroxyl groups is 1. The Balaban J connectivity index is 2.12. The zero-order valence-electron chi connectivity index (χ0n) is 12.4. The molecule has 1 aliphatic heterocycles. The molecule has 0 fully saturated rings. The quantitative estimate of drug-likeness (QED) is 0.872. The number of ether oxygens (including phenoxy) is 1. The van der Waals surface area contributed by atoms with E-state index in [4.69, 9.17) is 4.74 Å². The van der Waals surface area contributed by atoms with E-state index in [9.17, 15) is 9.90 Å². The van der Waals surface area contributed by atoms with Gasteiger partial charge >= 0.3 is 0 Å². The van der Waals surface area contributed by atoms with Gasteiger partial charge in [-0.2, -0.15) is 0 Å². The normalized spacial score (nSPS) is 24.4. The third kappa shape index (κ3) is 2.14. The molecular formula is C18H18O3. The van der Waals surface area contributed by atoms with Gasteiger partial charge in [-0.15, -0.1) is 0 Å². The smallest absolute Gasteiger partial charge is 0.244 e. The minimum atomic E-state index is -1.62. The third-order valence-corrected chi connectivity index (χ3v) is 4.11. The largest absolute Gasteiger partial charge is 0.457 e. The molecule has 0 saturated heterocycles. The monoisotopic (exact) mass is 282 g/mol. The summed E-state index contributed by atoms with van der Waals surface area (Å²) in [5.74, 6) is -1.93. The molecule has 0 aromatic heterocycles. The highest BCUT2D eigenvalue weighted by molar-refractivity contribution is 6.01. The second-order valence-corrected chi connectivity index (χ2v) is 5.75. The highest BCUT2D eigenvalue weighted by Gasteiger charge is 2.47. The molecule has 2 aromatic carbocycles. The average molecular weight is 282 g/mol. The van der Waals surface area contributed by atoms with Crippen molar-refractivity contribution in [3.63, 3.8) is 0 Å². The number of rotatable bonds is 1. The summed E-state index contributed by atoms with van der Waals surface area (Å²) in [7, 11) is 0. The van der Waals surface area contributed by atoms with E-state index in [2.05, 4.69) is 0 Å². The van der Waals surface area contributed by atoms with E-state index < -0.39 is 11.7 Å². The molecule has 0 bridgehead atoms. The van der Waals surface area contributed by atoms with Crippen molar-refractivity contribution in [2.75, 3.05) is 0 Å². The minimum Gasteiger partial charge on any atom is -0.457 e. The molecule has 0 unspecified atom stereocenters. The standard InChI is InChI=1S/C18H18O3/c1-11-4-7-14(8-5-11)18(20)13(3)17(19)15-9-6-12(2)10-16(15)21-18/h4-10,13,20H,1-3H3/t13-,18-/m1/s1. The number of ketones is 1. The lowest BCUT2D eigenvalue weighted by atomic mass is 9.83. The van der Waals surface area contributed by atoms with Crippen LogP contribution in [0.1, 0.15) is 34.0 Å². The van der Waals surface area contributed by atoms with Crippen molar-refractivity contribution in [2.45, 2.75) is 26.6 Å². The maximum atomic E-state index is 12.5. The second kappa shape index (κ2) is 4.71. The third-order valence-electron chi connectivity index (χ3n) is 4.11. The van der Waals surface area contributed by atoms with Crippen molar-refractivity contribution in [1.29, 1.82) is 0 Å². The van der Waals surface area contributed by atoms with Crippen molar-refractivity contribution in [2.24, 2.45) is 5.92 Å². The van der Waals surface area contributed by atoms with Crippen LogP contribution >= 0.6 is 0 Å². The molecule has 21 heavy (non-hydrogen) atoms. The molecule has 0 spiro atoms. The lowest BCUT2D eigenvalue weighted by molar-refractivity contribution is -0.176. The summed E-state index contributed by atoms with van der Waals surface area (Å²) in [5, 5.41) is 11.0. The van der Waals surface area contributed by atoms with Crippen LogP contribution in [0.3, 0.4) is 0 Å². The Hall–Kier alpha value is -2.13. The molecule has 2 aromatic rings. The predicted molar refractivity (Wildman–Crippen MR) is 80.4 cm³/mol. The zero-order valence-corrected chi connectivity index (χ0v) is 12.4. The Labute approximate surface area is 124 Å². The van der Waals surface area contributed by atoms with Gasteiger partial charge in [0.15, 0.2) is 5.78 Å². The topological polar surface area (TPSA) is 46.5 Å². The lowest BCUT2D eigenvalue weighted by Crippen LogP contribution is -2.46. The second-order valence-electron chi connectivity index (χ2n) is 5.75. The Bertz CT molecular complexity index is 703. The molecule has 108 valence electrons. The molecule has 1 aliphatic rings. The van der Waals surface area contributed by atoms with Crippen molar-refractivity contribution in [1.82, 2.24) is 0 Å². The van der Waals surface area contributed by atoms with Gasteiger partial charge < -0.3 is 9.84 Å². The number of carbonyl (C=O) groups excluding carboxylic acids is 1. The van der Waals surface area contributed by atoms with E-state index in [1.54, 1.807) is 31.2 Å². The van der Waals surface area contributed by atoms with E-state index in [0.717, 1.165) is 11.1 Å². The highest BCUT2D eigenvalue weighted by Crippen LogP contribution is 2.41. The first-order valence-electron chi connectivity index (χ1n) is 7.05. The summed E-state index contributed by atoms with van der Waals surface area (Å²) in [4.78, 5) is 12.5. The van der Waals surface area contributed by atoms with Crippen LogP contribution in [0.2, 0.25) is 0 Å². The van der Waals surface area contributed by atoms with Crippen LogP contribution in [-0.2, 0) is 5.79 Å². The van der Waals surface area contributed by atoms with Crippen LogP contribution in [0, 0.1) is 19.8 Å². The van der Waals surface area contributed by atoms with E-state index in [0.29, 0.717) is 16.9 Å². The van der Waals surface area contributed by atoms with Gasteiger partial charge in [-0.25, -0.2) is 0 Å². The van der Waals surface area contributed by atoms with Gasteiger partial charge in [0.05, 0.1) is 11.5 Å². The van der Waals surface area contributed by atoms with E-state index >= 15 is 0 Å². The van der Waals surface area contributed by atoms with E-state index in [1.165, 1.54) is 0 Å². The number of hydrogen-bond donors (Lipinski definition) is 1. The first-order valence-corrected chi connectivity index (χ1v) is 7.05. The van der Waals surface area contributed by atoms with Gasteiger partial charge in [-0.1, -0.05) is 35.9 Å². The van der Waals surface area contributed by atoms with Crippen LogP contribution < -0.4 is 4.74 Å². The number of fused-ring (bicyclic) bond motifs is 1. The van der Waals surface area contributed by atoms with Crippen LogP contribution in [0.25, 0.3) is 0 Å². The highest BCUT2D eigenvalue weighted by atomic mass is 16.6. The van der Waals surface area contributed by atoms with Crippen molar-refractivity contribution in [3.8, 4) is 5.75 Å². The summed E-state index contributed by atoms with van der Waals surface area (Å²) < 4.78 is 5.84. The van der Waals surface area contributed by atoms with Crippen molar-refractivity contribution in [3.05, 3.63) is 64.7 Å². The number of Topliss-reactive ketones (excluding diaryl/α,β-unsaturated/α-hetero) is 1. The Kier molecular flexibility index (Phi) is 3.10. The zero-order chi connectivity index (χ0) is 15.2. The Morgan fingerprint density at radius 3 is 2.33 bits per heavy atom. The van der Waals surface area contributed by atoms with Gasteiger partial charge in [-0.05, 0) is 38.5 Å². The number of benzene rings is 2. The SMILES string of the molecule is Cc1ccc([C@]2(O)Oc3cc(C)ccc3C(=O)[C@H]2C)cc1. The molecule has 0 aliphatic carbocycles. The summed E-state index contributed by atoms with van der Waals surface area (Å²) in [5.41, 5.74) is 3.21. The molecule has 1 heterocycles. The fraction of sp³-hybridized carbons (Fsp3) is 0.278. The summed E-state index contributed by atoms with van der Waals surface area (Å²) in [6.45, 7) is 5.60. The van der Waals surface area contributed by atoms with Crippen LogP contribution in [0.5, 0.6) is 5.75 Å². The predicted octanol–water partition coefficient (Wildman–Crippen LogP) is 3.36. The molecule has 3 nitrogen and oxygen atoms in total. The number of aryl methyl sites for hydroxylation is 2. The molecular weight excluding hydrogens is 264 g/mol. The summed E-state index contributed by atoms with van der Waals surface area (Å²) >= 11 is 0. The first kappa shape index (κ1) is 13.8. The van der Waals surface area contributed by atoms with E-state index in [-0.39, 0.29) is 5.78 Å². The molecule has 0 saturated carbocycles. The minimum absolute atomic E-state index is 0.0978. The van der Waals surface area contributed by atoms with Gasteiger partial charge in [0.1, 0.15) is 5.75 Å².